The van der Waals surface area contributed by atoms with Gasteiger partial charge in [0.1, 0.15) is 5.75 Å². The van der Waals surface area contributed by atoms with Gasteiger partial charge in [0.25, 0.3) is 0 Å². The number of phenolic OH excluding ortho intramolecular Hbond substituents is 1. The Bertz CT molecular complexity index is 1210. The van der Waals surface area contributed by atoms with E-state index in [9.17, 15) is 27.0 Å². The fourth-order valence-electron chi connectivity index (χ4n) is 4.08. The topological polar surface area (TPSA) is 148 Å². The van der Waals surface area contributed by atoms with Gasteiger partial charge < -0.3 is 20.4 Å². The van der Waals surface area contributed by atoms with E-state index in [0.717, 1.165) is 50.7 Å². The van der Waals surface area contributed by atoms with Gasteiger partial charge in [0.15, 0.2) is 0 Å². The van der Waals surface area contributed by atoms with Crippen LogP contribution >= 0.6 is 0 Å². The summed E-state index contributed by atoms with van der Waals surface area (Å²) in [6.07, 6.45) is 3.54. The largest absolute Gasteiger partial charge is 0.506 e. The Morgan fingerprint density at radius 1 is 1.06 bits per heavy atom. The van der Waals surface area contributed by atoms with Gasteiger partial charge in [-0.1, -0.05) is 19.4 Å². The fourth-order valence-corrected chi connectivity index (χ4v) is 5.72. The van der Waals surface area contributed by atoms with Crippen LogP contribution in [0.4, 0.5) is 11.4 Å². The standard InChI is InChI=1S/C24H36N4O6S2/c1-3-4-13-26-36(33,34)21-8-6-20(7-9-21)28-14-11-19(12-15-28)25-17-24(30)18-5-10-23(29)22(16-18)27-35(2,31)32/h5-10,16,19,24-27,29-30H,3-4,11-15,17H2,1-2H3/t24-/m1/s1. The molecule has 0 saturated carbocycles. The Hall–Kier alpha value is -2.38. The van der Waals surface area contributed by atoms with E-state index in [1.165, 1.54) is 12.1 Å². The molecule has 5 N–H and O–H groups in total. The van der Waals surface area contributed by atoms with Crippen LogP contribution in [0.2, 0.25) is 0 Å². The lowest BCUT2D eigenvalue weighted by Gasteiger charge is -2.34. The lowest BCUT2D eigenvalue weighted by atomic mass is 10.0. The zero-order valence-corrected chi connectivity index (χ0v) is 22.3. The predicted molar refractivity (Wildman–Crippen MR) is 141 cm³/mol. The molecule has 1 saturated heterocycles. The van der Waals surface area contributed by atoms with Crippen molar-refractivity contribution in [2.24, 2.45) is 0 Å². The normalized spacial score (nSPS) is 16.1. The van der Waals surface area contributed by atoms with Crippen LogP contribution in [-0.4, -0.2) is 65.5 Å². The van der Waals surface area contributed by atoms with Gasteiger partial charge in [0.2, 0.25) is 20.0 Å². The maximum absolute atomic E-state index is 12.4. The Morgan fingerprint density at radius 3 is 2.33 bits per heavy atom. The van der Waals surface area contributed by atoms with Crippen LogP contribution in [0.15, 0.2) is 47.4 Å². The number of phenols is 1. The number of nitrogens with zero attached hydrogens (tertiary/aromatic N) is 1. The average Bonchev–Trinajstić information content (AvgIpc) is 2.83. The first kappa shape index (κ1) is 28.2. The van der Waals surface area contributed by atoms with E-state index in [2.05, 4.69) is 19.7 Å². The van der Waals surface area contributed by atoms with Crippen molar-refractivity contribution in [1.82, 2.24) is 10.0 Å². The second-order valence-electron chi connectivity index (χ2n) is 9.08. The van der Waals surface area contributed by atoms with Crippen molar-refractivity contribution in [3.05, 3.63) is 48.0 Å². The number of rotatable bonds is 12. The Kier molecular flexibility index (Phi) is 9.59. The number of aromatic hydroxyl groups is 1. The number of piperidine rings is 1. The zero-order chi connectivity index (χ0) is 26.3. The van der Waals surface area contributed by atoms with E-state index in [1.807, 2.05) is 19.1 Å². The summed E-state index contributed by atoms with van der Waals surface area (Å²) in [7, 11) is -7.05. The van der Waals surface area contributed by atoms with E-state index in [1.54, 1.807) is 18.2 Å². The van der Waals surface area contributed by atoms with Crippen molar-refractivity contribution in [1.29, 1.82) is 0 Å². The molecule has 3 rings (SSSR count). The number of sulfonamides is 2. The second kappa shape index (κ2) is 12.2. The lowest BCUT2D eigenvalue weighted by molar-refractivity contribution is 0.167. The van der Waals surface area contributed by atoms with Crippen molar-refractivity contribution in [2.45, 2.75) is 49.6 Å². The molecule has 0 amide bonds. The summed E-state index contributed by atoms with van der Waals surface area (Å²) in [6.45, 7) is 4.30. The van der Waals surface area contributed by atoms with Gasteiger partial charge >= 0.3 is 0 Å². The van der Waals surface area contributed by atoms with E-state index in [0.29, 0.717) is 12.1 Å². The summed E-state index contributed by atoms with van der Waals surface area (Å²) < 4.78 is 52.5. The number of benzene rings is 2. The zero-order valence-electron chi connectivity index (χ0n) is 20.6. The summed E-state index contributed by atoms with van der Waals surface area (Å²) in [5.74, 6) is -0.213. The van der Waals surface area contributed by atoms with Crippen LogP contribution in [0.5, 0.6) is 5.75 Å². The summed E-state index contributed by atoms with van der Waals surface area (Å²) >= 11 is 0. The van der Waals surface area contributed by atoms with Gasteiger partial charge in [0, 0.05) is 37.9 Å². The molecule has 2 aromatic carbocycles. The monoisotopic (exact) mass is 540 g/mol. The van der Waals surface area contributed by atoms with Crippen LogP contribution < -0.4 is 19.7 Å². The van der Waals surface area contributed by atoms with Crippen LogP contribution in [0.25, 0.3) is 0 Å². The predicted octanol–water partition coefficient (Wildman–Crippen LogP) is 2.13. The molecule has 1 aliphatic rings. The first-order valence-electron chi connectivity index (χ1n) is 12.1. The third-order valence-electron chi connectivity index (χ3n) is 6.13. The number of unbranched alkanes of at least 4 members (excludes halogenated alkanes) is 1. The molecule has 2 aromatic rings. The number of hydrogen-bond donors (Lipinski definition) is 5. The molecule has 0 aliphatic carbocycles. The number of aliphatic hydroxyl groups excluding tert-OH is 1. The molecule has 1 heterocycles. The molecule has 1 atom stereocenters. The lowest BCUT2D eigenvalue weighted by Crippen LogP contribution is -2.43. The Balaban J connectivity index is 1.49. The number of hydrogen-bond acceptors (Lipinski definition) is 8. The molecule has 0 unspecified atom stereocenters. The van der Waals surface area contributed by atoms with Gasteiger partial charge in [-0.25, -0.2) is 21.6 Å². The number of aliphatic hydroxyl groups is 1. The highest BCUT2D eigenvalue weighted by Crippen LogP contribution is 2.28. The van der Waals surface area contributed by atoms with Crippen molar-refractivity contribution >= 4 is 31.4 Å². The molecule has 0 spiro atoms. The molecular formula is C24H36N4O6S2. The minimum absolute atomic E-state index is 0.0258. The van der Waals surface area contributed by atoms with Crippen molar-refractivity contribution in [2.75, 3.05) is 42.1 Å². The third kappa shape index (κ3) is 8.07. The summed E-state index contributed by atoms with van der Waals surface area (Å²) in [4.78, 5) is 2.47. The molecule has 200 valence electrons. The highest BCUT2D eigenvalue weighted by Gasteiger charge is 2.21. The molecule has 0 aromatic heterocycles. The smallest absolute Gasteiger partial charge is 0.240 e. The SMILES string of the molecule is CCCCNS(=O)(=O)c1ccc(N2CCC(NC[C@@H](O)c3ccc(O)c(NS(C)(=O)=O)c3)CC2)cc1. The van der Waals surface area contributed by atoms with Crippen LogP contribution in [0.1, 0.15) is 44.3 Å². The third-order valence-corrected chi connectivity index (χ3v) is 8.20. The first-order valence-corrected chi connectivity index (χ1v) is 15.4. The molecule has 10 nitrogen and oxygen atoms in total. The first-order chi connectivity index (χ1) is 17.0. The van der Waals surface area contributed by atoms with Crippen LogP contribution in [0.3, 0.4) is 0 Å². The van der Waals surface area contributed by atoms with E-state index in [4.69, 9.17) is 0 Å². The highest BCUT2D eigenvalue weighted by atomic mass is 32.2. The fraction of sp³-hybridized carbons (Fsp3) is 0.500. The maximum atomic E-state index is 12.4. The molecule has 0 bridgehead atoms. The minimum Gasteiger partial charge on any atom is -0.506 e. The number of anilines is 2. The van der Waals surface area contributed by atoms with Gasteiger partial charge in [-0.05, 0) is 61.2 Å². The molecule has 1 aliphatic heterocycles. The van der Waals surface area contributed by atoms with Gasteiger partial charge in [-0.3, -0.25) is 4.72 Å². The molecule has 36 heavy (non-hydrogen) atoms. The summed E-state index contributed by atoms with van der Waals surface area (Å²) in [6, 6.07) is 11.5. The van der Waals surface area contributed by atoms with Gasteiger partial charge in [-0.15, -0.1) is 0 Å². The molecular weight excluding hydrogens is 504 g/mol. The highest BCUT2D eigenvalue weighted by molar-refractivity contribution is 7.92. The summed E-state index contributed by atoms with van der Waals surface area (Å²) in [5, 5.41) is 23.8. The van der Waals surface area contributed by atoms with Gasteiger partial charge in [0.05, 0.1) is 22.9 Å². The summed E-state index contributed by atoms with van der Waals surface area (Å²) in [5.41, 5.74) is 1.48. The molecule has 1 fully saturated rings. The molecule has 0 radical (unpaired) electrons. The van der Waals surface area contributed by atoms with Crippen molar-refractivity contribution in [3.63, 3.8) is 0 Å². The van der Waals surface area contributed by atoms with Crippen LogP contribution in [0, 0.1) is 0 Å². The van der Waals surface area contributed by atoms with E-state index in [-0.39, 0.29) is 28.9 Å². The Morgan fingerprint density at radius 2 is 1.72 bits per heavy atom. The Labute approximate surface area is 213 Å². The maximum Gasteiger partial charge on any atom is 0.240 e. The average molecular weight is 541 g/mol. The number of nitrogens with one attached hydrogen (secondary N) is 3. The minimum atomic E-state index is -3.56. The van der Waals surface area contributed by atoms with E-state index >= 15 is 0 Å². The molecule has 12 heteroatoms. The van der Waals surface area contributed by atoms with Gasteiger partial charge in [-0.2, -0.15) is 0 Å². The van der Waals surface area contributed by atoms with Crippen LogP contribution in [-0.2, 0) is 20.0 Å². The van der Waals surface area contributed by atoms with Crippen molar-refractivity contribution < 1.29 is 27.0 Å². The second-order valence-corrected chi connectivity index (χ2v) is 12.6. The van der Waals surface area contributed by atoms with Crippen molar-refractivity contribution in [3.8, 4) is 5.75 Å². The van der Waals surface area contributed by atoms with E-state index < -0.39 is 26.2 Å². The quantitative estimate of drug-likeness (QED) is 0.203.